The van der Waals surface area contributed by atoms with Crippen LogP contribution in [0.25, 0.3) is 0 Å². The average molecular weight is 503 g/mol. The zero-order chi connectivity index (χ0) is 25.6. The van der Waals surface area contributed by atoms with Gasteiger partial charge in [-0.3, -0.25) is 9.52 Å². The molecule has 1 saturated carbocycles. The average Bonchev–Trinajstić information content (AvgIpc) is 3.49. The van der Waals surface area contributed by atoms with Crippen molar-refractivity contribution < 1.29 is 30.8 Å². The molecule has 2 N–H and O–H groups in total. The molecule has 1 aliphatic carbocycles. The predicted octanol–water partition coefficient (Wildman–Crippen LogP) is 3.97. The Morgan fingerprint density at radius 1 is 1.24 bits per heavy atom. The summed E-state index contributed by atoms with van der Waals surface area (Å²) in [5.74, 6) is -1.66. The summed E-state index contributed by atoms with van der Waals surface area (Å²) in [5, 5.41) is 2.75. The molecule has 1 fully saturated rings. The van der Waals surface area contributed by atoms with Crippen molar-refractivity contribution in [3.63, 3.8) is 0 Å². The lowest BCUT2D eigenvalue weighted by molar-refractivity contribution is -0.141. The number of aryl methyl sites for hydroxylation is 1. The van der Waals surface area contributed by atoms with Crippen LogP contribution in [0, 0.1) is 18.7 Å². The molecule has 34 heavy (non-hydrogen) atoms. The molecule has 186 valence electrons. The summed E-state index contributed by atoms with van der Waals surface area (Å²) in [6.45, 7) is 3.21. The van der Waals surface area contributed by atoms with E-state index in [1.807, 2.05) is 0 Å². The third kappa shape index (κ3) is 5.78. The van der Waals surface area contributed by atoms with Gasteiger partial charge >= 0.3 is 6.18 Å². The number of hydrogen-bond donors (Lipinski definition) is 2. The third-order valence-corrected chi connectivity index (χ3v) is 6.20. The summed E-state index contributed by atoms with van der Waals surface area (Å²) >= 11 is 0. The number of sulfonamides is 1. The molecule has 0 aliphatic heterocycles. The predicted molar refractivity (Wildman–Crippen MR) is 121 cm³/mol. The number of alkyl halides is 3. The maximum atomic E-state index is 14.6. The zero-order valence-electron chi connectivity index (χ0n) is 19.3. The van der Waals surface area contributed by atoms with Gasteiger partial charge < -0.3 is 10.2 Å². The van der Waals surface area contributed by atoms with Crippen molar-refractivity contribution in [2.75, 3.05) is 30.0 Å². The Hall–Kier alpha value is -2.89. The number of halogens is 4. The van der Waals surface area contributed by atoms with Gasteiger partial charge in [0.05, 0.1) is 18.0 Å². The minimum Gasteiger partial charge on any atom is -0.362 e. The first kappa shape index (κ1) is 25.7. The minimum absolute atomic E-state index is 0.107. The molecule has 3 atom stereocenters. The van der Waals surface area contributed by atoms with E-state index in [1.54, 1.807) is 27.9 Å². The quantitative estimate of drug-likeness (QED) is 0.560. The van der Waals surface area contributed by atoms with Crippen molar-refractivity contribution in [1.29, 1.82) is 0 Å². The van der Waals surface area contributed by atoms with Gasteiger partial charge in [-0.25, -0.2) is 17.8 Å². The monoisotopic (exact) mass is 502 g/mol. The van der Waals surface area contributed by atoms with E-state index in [9.17, 15) is 30.8 Å². The molecule has 1 aromatic carbocycles. The van der Waals surface area contributed by atoms with Crippen LogP contribution < -0.4 is 14.9 Å². The van der Waals surface area contributed by atoms with E-state index in [0.29, 0.717) is 17.5 Å². The second kappa shape index (κ2) is 9.05. The fourth-order valence-electron chi connectivity index (χ4n) is 3.84. The molecular weight excluding hydrogens is 476 g/mol. The number of nitrogens with zero attached hydrogens (tertiary/aromatic N) is 2. The summed E-state index contributed by atoms with van der Waals surface area (Å²) < 4.78 is 78.9. The van der Waals surface area contributed by atoms with Gasteiger partial charge in [0.2, 0.25) is 15.9 Å². The molecule has 0 saturated heterocycles. The van der Waals surface area contributed by atoms with Crippen molar-refractivity contribution >= 4 is 27.4 Å². The van der Waals surface area contributed by atoms with Crippen LogP contribution in [0.15, 0.2) is 24.3 Å². The number of carbonyl (C=O) groups is 1. The number of aromatic nitrogens is 1. The second-order valence-electron chi connectivity index (χ2n) is 8.74. The molecule has 1 amide bonds. The molecule has 1 heterocycles. The lowest BCUT2D eigenvalue weighted by Crippen LogP contribution is -2.29. The molecule has 0 radical (unpaired) electrons. The molecule has 0 bridgehead atoms. The molecular formula is C22H26F4N4O3S. The van der Waals surface area contributed by atoms with Gasteiger partial charge in [0.15, 0.2) is 0 Å². The van der Waals surface area contributed by atoms with E-state index in [0.717, 1.165) is 18.4 Å². The summed E-state index contributed by atoms with van der Waals surface area (Å²) in [6, 6.07) is 4.07. The number of anilines is 2. The highest BCUT2D eigenvalue weighted by molar-refractivity contribution is 7.92. The third-order valence-electron chi connectivity index (χ3n) is 5.61. The van der Waals surface area contributed by atoms with Crippen molar-refractivity contribution in [3.8, 4) is 0 Å². The molecule has 0 spiro atoms. The molecule has 1 aromatic heterocycles. The number of nitrogens with one attached hydrogen (secondary N) is 2. The van der Waals surface area contributed by atoms with E-state index >= 15 is 0 Å². The molecule has 2 unspecified atom stereocenters. The number of carbonyl (C=O) groups excluding carboxylic acids is 1. The van der Waals surface area contributed by atoms with Crippen LogP contribution in [0.3, 0.4) is 0 Å². The standard InChI is InChI=1S/C22H26F4N4O3S/c1-11-8-14(17(23)10-18(11)29-34(5,32)33)12(2)27-21(31)16-9-15(16)13-6-7-19(22(24,25)26)28-20(13)30(3)4/h6-8,10,12,15-16,29H,9H2,1-5H3,(H,27,31)/t12-,15?,16?/m1/s1. The Labute approximate surface area is 195 Å². The lowest BCUT2D eigenvalue weighted by atomic mass is 10.0. The Balaban J connectivity index is 1.74. The van der Waals surface area contributed by atoms with E-state index in [2.05, 4.69) is 15.0 Å². The van der Waals surface area contributed by atoms with E-state index in [-0.39, 0.29) is 28.9 Å². The molecule has 1 aliphatic rings. The SMILES string of the molecule is Cc1cc([C@@H](C)NC(=O)C2CC2c2ccc(C(F)(F)F)nc2N(C)C)c(F)cc1NS(C)(=O)=O. The first-order valence-corrected chi connectivity index (χ1v) is 12.3. The van der Waals surface area contributed by atoms with Crippen LogP contribution in [-0.2, 0) is 21.0 Å². The maximum Gasteiger partial charge on any atom is 0.433 e. The summed E-state index contributed by atoms with van der Waals surface area (Å²) in [7, 11) is -0.418. The van der Waals surface area contributed by atoms with Gasteiger partial charge in [-0.2, -0.15) is 13.2 Å². The van der Waals surface area contributed by atoms with Crippen LogP contribution in [-0.4, -0.2) is 39.7 Å². The molecule has 12 heteroatoms. The Morgan fingerprint density at radius 2 is 1.88 bits per heavy atom. The first-order valence-electron chi connectivity index (χ1n) is 10.4. The van der Waals surface area contributed by atoms with Gasteiger partial charge in [-0.05, 0) is 55.5 Å². The number of amides is 1. The number of pyridine rings is 1. The minimum atomic E-state index is -4.58. The van der Waals surface area contributed by atoms with Crippen LogP contribution in [0.5, 0.6) is 0 Å². The van der Waals surface area contributed by atoms with Crippen LogP contribution in [0.2, 0.25) is 0 Å². The van der Waals surface area contributed by atoms with E-state index in [1.165, 1.54) is 17.0 Å². The van der Waals surface area contributed by atoms with Crippen LogP contribution in [0.1, 0.15) is 47.7 Å². The van der Waals surface area contributed by atoms with Gasteiger partial charge in [0, 0.05) is 25.6 Å². The highest BCUT2D eigenvalue weighted by Gasteiger charge is 2.46. The topological polar surface area (TPSA) is 91.4 Å². The van der Waals surface area contributed by atoms with Gasteiger partial charge in [0.1, 0.15) is 17.3 Å². The van der Waals surface area contributed by atoms with Crippen molar-refractivity contribution in [3.05, 3.63) is 52.5 Å². The van der Waals surface area contributed by atoms with Gasteiger partial charge in [0.25, 0.3) is 0 Å². The fourth-order valence-corrected chi connectivity index (χ4v) is 4.46. The lowest BCUT2D eigenvalue weighted by Gasteiger charge is -2.19. The Bertz CT molecular complexity index is 1220. The zero-order valence-corrected chi connectivity index (χ0v) is 20.1. The summed E-state index contributed by atoms with van der Waals surface area (Å²) in [4.78, 5) is 18.0. The number of benzene rings is 1. The van der Waals surface area contributed by atoms with E-state index < -0.39 is 39.7 Å². The smallest absolute Gasteiger partial charge is 0.362 e. The van der Waals surface area contributed by atoms with Crippen molar-refractivity contribution in [1.82, 2.24) is 10.3 Å². The number of rotatable bonds is 7. The highest BCUT2D eigenvalue weighted by Crippen LogP contribution is 2.50. The maximum absolute atomic E-state index is 14.6. The molecule has 3 rings (SSSR count). The normalized spacial score (nSPS) is 18.9. The van der Waals surface area contributed by atoms with Crippen molar-refractivity contribution in [2.45, 2.75) is 38.4 Å². The first-order chi connectivity index (χ1) is 15.6. The van der Waals surface area contributed by atoms with Gasteiger partial charge in [-0.15, -0.1) is 0 Å². The van der Waals surface area contributed by atoms with Crippen molar-refractivity contribution in [2.24, 2.45) is 5.92 Å². The Kier molecular flexibility index (Phi) is 6.84. The molecule has 2 aromatic rings. The Morgan fingerprint density at radius 3 is 2.44 bits per heavy atom. The second-order valence-corrected chi connectivity index (χ2v) is 10.5. The molecule has 7 nitrogen and oxygen atoms in total. The van der Waals surface area contributed by atoms with Crippen LogP contribution >= 0.6 is 0 Å². The van der Waals surface area contributed by atoms with E-state index in [4.69, 9.17) is 0 Å². The summed E-state index contributed by atoms with van der Waals surface area (Å²) in [5.41, 5.74) is 0.320. The van der Waals surface area contributed by atoms with Gasteiger partial charge in [-0.1, -0.05) is 6.07 Å². The number of hydrogen-bond acceptors (Lipinski definition) is 5. The highest BCUT2D eigenvalue weighted by atomic mass is 32.2. The summed E-state index contributed by atoms with van der Waals surface area (Å²) in [6.07, 6.45) is -3.18. The van der Waals surface area contributed by atoms with Crippen LogP contribution in [0.4, 0.5) is 29.1 Å². The largest absolute Gasteiger partial charge is 0.433 e. The fraction of sp³-hybridized carbons (Fsp3) is 0.455.